The van der Waals surface area contributed by atoms with Crippen LogP contribution in [0, 0.1) is 11.6 Å². The van der Waals surface area contributed by atoms with Gasteiger partial charge in [0.25, 0.3) is 5.91 Å². The number of anilines is 1. The molecule has 132 valence electrons. The summed E-state index contributed by atoms with van der Waals surface area (Å²) in [6, 6.07) is 7.47. The molecule has 0 fully saturated rings. The Morgan fingerprint density at radius 2 is 1.68 bits per heavy atom. The fourth-order valence-corrected chi connectivity index (χ4v) is 1.84. The molecule has 2 aromatic rings. The molecule has 0 aliphatic heterocycles. The minimum absolute atomic E-state index is 0.0550. The Bertz CT molecular complexity index is 762. The Balaban J connectivity index is 1.96. The van der Waals surface area contributed by atoms with E-state index >= 15 is 0 Å². The van der Waals surface area contributed by atoms with Gasteiger partial charge in [-0.2, -0.15) is 8.78 Å². The molecule has 0 aliphatic rings. The van der Waals surface area contributed by atoms with E-state index in [1.807, 2.05) is 0 Å². The largest absolute Gasteiger partial charge is 0.452 e. The van der Waals surface area contributed by atoms with Crippen molar-refractivity contribution in [1.82, 2.24) is 0 Å². The van der Waals surface area contributed by atoms with E-state index in [0.29, 0.717) is 6.07 Å². The predicted molar refractivity (Wildman–Crippen MR) is 78.3 cm³/mol. The highest BCUT2D eigenvalue weighted by molar-refractivity contribution is 5.96. The van der Waals surface area contributed by atoms with Gasteiger partial charge in [0, 0.05) is 6.07 Å². The predicted octanol–water partition coefficient (Wildman–Crippen LogP) is 3.36. The van der Waals surface area contributed by atoms with Gasteiger partial charge in [-0.25, -0.2) is 13.6 Å². The molecule has 9 heteroatoms. The zero-order valence-corrected chi connectivity index (χ0v) is 12.5. The lowest BCUT2D eigenvalue weighted by molar-refractivity contribution is -0.119. The summed E-state index contributed by atoms with van der Waals surface area (Å²) < 4.78 is 59.4. The number of carbonyl (C=O) groups excluding carboxylic acids is 2. The molecular formula is C16H11F4NO4. The number of amides is 1. The Hall–Kier alpha value is -3.10. The number of para-hydroxylation sites is 2. The van der Waals surface area contributed by atoms with Crippen molar-refractivity contribution in [2.75, 3.05) is 11.9 Å². The van der Waals surface area contributed by atoms with Crippen molar-refractivity contribution in [3.8, 4) is 5.75 Å². The minimum Gasteiger partial charge on any atom is -0.452 e. The van der Waals surface area contributed by atoms with Crippen molar-refractivity contribution in [3.05, 3.63) is 59.7 Å². The maximum atomic E-state index is 13.0. The second kappa shape index (κ2) is 8.13. The highest BCUT2D eigenvalue weighted by Crippen LogP contribution is 2.25. The quantitative estimate of drug-likeness (QED) is 0.636. The second-order valence-electron chi connectivity index (χ2n) is 4.66. The van der Waals surface area contributed by atoms with Crippen LogP contribution in [0.15, 0.2) is 42.5 Å². The monoisotopic (exact) mass is 357 g/mol. The third-order valence-electron chi connectivity index (χ3n) is 2.81. The molecule has 0 radical (unpaired) electrons. The highest BCUT2D eigenvalue weighted by atomic mass is 19.3. The van der Waals surface area contributed by atoms with Crippen molar-refractivity contribution in [3.63, 3.8) is 0 Å². The van der Waals surface area contributed by atoms with Crippen molar-refractivity contribution in [2.45, 2.75) is 6.61 Å². The average Bonchev–Trinajstić information content (AvgIpc) is 2.53. The van der Waals surface area contributed by atoms with Crippen LogP contribution in [0.5, 0.6) is 5.75 Å². The molecule has 0 saturated carbocycles. The van der Waals surface area contributed by atoms with Gasteiger partial charge in [0.1, 0.15) is 17.4 Å². The molecule has 0 spiro atoms. The van der Waals surface area contributed by atoms with Gasteiger partial charge >= 0.3 is 12.6 Å². The molecular weight excluding hydrogens is 346 g/mol. The first kappa shape index (κ1) is 18.2. The summed E-state index contributed by atoms with van der Waals surface area (Å²) in [5, 5.41) is 2.22. The standard InChI is InChI=1S/C16H11F4NO4/c17-10-5-9(6-11(18)7-10)15(23)24-8-14(22)21-12-3-1-2-4-13(12)25-16(19)20/h1-7,16H,8H2,(H,21,22). The van der Waals surface area contributed by atoms with Gasteiger partial charge in [-0.05, 0) is 24.3 Å². The number of esters is 1. The van der Waals surface area contributed by atoms with Crippen molar-refractivity contribution >= 4 is 17.6 Å². The van der Waals surface area contributed by atoms with E-state index in [9.17, 15) is 27.2 Å². The van der Waals surface area contributed by atoms with Gasteiger partial charge in [-0.1, -0.05) is 12.1 Å². The second-order valence-corrected chi connectivity index (χ2v) is 4.66. The molecule has 0 aromatic heterocycles. The number of hydrogen-bond acceptors (Lipinski definition) is 4. The normalized spacial score (nSPS) is 10.4. The fourth-order valence-electron chi connectivity index (χ4n) is 1.84. The molecule has 1 N–H and O–H groups in total. The Morgan fingerprint density at radius 3 is 2.32 bits per heavy atom. The number of benzene rings is 2. The van der Waals surface area contributed by atoms with Gasteiger partial charge < -0.3 is 14.8 Å². The molecule has 5 nitrogen and oxygen atoms in total. The third-order valence-corrected chi connectivity index (χ3v) is 2.81. The number of rotatable bonds is 6. The number of carbonyl (C=O) groups is 2. The first-order chi connectivity index (χ1) is 11.8. The number of alkyl halides is 2. The maximum Gasteiger partial charge on any atom is 0.387 e. The fraction of sp³-hybridized carbons (Fsp3) is 0.125. The molecule has 1 amide bonds. The summed E-state index contributed by atoms with van der Waals surface area (Å²) in [6.07, 6.45) is 0. The first-order valence-electron chi connectivity index (χ1n) is 6.82. The van der Waals surface area contributed by atoms with E-state index < -0.39 is 42.3 Å². The first-order valence-corrected chi connectivity index (χ1v) is 6.82. The molecule has 25 heavy (non-hydrogen) atoms. The zero-order valence-electron chi connectivity index (χ0n) is 12.5. The molecule has 0 bridgehead atoms. The van der Waals surface area contributed by atoms with E-state index in [1.165, 1.54) is 24.3 Å². The summed E-state index contributed by atoms with van der Waals surface area (Å²) in [4.78, 5) is 23.4. The molecule has 0 heterocycles. The van der Waals surface area contributed by atoms with Crippen LogP contribution in [0.1, 0.15) is 10.4 Å². The van der Waals surface area contributed by atoms with Crippen LogP contribution in [-0.2, 0) is 9.53 Å². The van der Waals surface area contributed by atoms with Gasteiger partial charge in [-0.3, -0.25) is 4.79 Å². The van der Waals surface area contributed by atoms with Gasteiger partial charge in [0.15, 0.2) is 6.61 Å². The molecule has 0 aliphatic carbocycles. The summed E-state index contributed by atoms with van der Waals surface area (Å²) in [6.45, 7) is -3.88. The molecule has 0 atom stereocenters. The SMILES string of the molecule is O=C(COC(=O)c1cc(F)cc(F)c1)Nc1ccccc1OC(F)F. The average molecular weight is 357 g/mol. The Morgan fingerprint density at radius 1 is 1.04 bits per heavy atom. The summed E-state index contributed by atoms with van der Waals surface area (Å²) in [5.74, 6) is -4.20. The van der Waals surface area contributed by atoms with E-state index in [1.54, 1.807) is 0 Å². The molecule has 2 rings (SSSR count). The van der Waals surface area contributed by atoms with E-state index in [4.69, 9.17) is 0 Å². The van der Waals surface area contributed by atoms with Crippen LogP contribution in [-0.4, -0.2) is 25.1 Å². The number of ether oxygens (including phenoxy) is 2. The van der Waals surface area contributed by atoms with Crippen molar-refractivity contribution in [1.29, 1.82) is 0 Å². The van der Waals surface area contributed by atoms with E-state index in [0.717, 1.165) is 12.1 Å². The number of halogens is 4. The Labute approximate surface area is 139 Å². The minimum atomic E-state index is -3.08. The Kier molecular flexibility index (Phi) is 5.93. The summed E-state index contributed by atoms with van der Waals surface area (Å²) in [5.41, 5.74) is -0.465. The topological polar surface area (TPSA) is 64.6 Å². The van der Waals surface area contributed by atoms with Crippen molar-refractivity contribution < 1.29 is 36.6 Å². The van der Waals surface area contributed by atoms with Gasteiger partial charge in [0.2, 0.25) is 0 Å². The van der Waals surface area contributed by atoms with Gasteiger partial charge in [-0.15, -0.1) is 0 Å². The van der Waals surface area contributed by atoms with E-state index in [-0.39, 0.29) is 11.4 Å². The lowest BCUT2D eigenvalue weighted by Crippen LogP contribution is -2.21. The van der Waals surface area contributed by atoms with Crippen molar-refractivity contribution in [2.24, 2.45) is 0 Å². The maximum absolute atomic E-state index is 13.0. The molecule has 2 aromatic carbocycles. The smallest absolute Gasteiger partial charge is 0.387 e. The lowest BCUT2D eigenvalue weighted by atomic mass is 10.2. The number of hydrogen-bond donors (Lipinski definition) is 1. The highest BCUT2D eigenvalue weighted by Gasteiger charge is 2.15. The zero-order chi connectivity index (χ0) is 18.4. The molecule has 0 saturated heterocycles. The summed E-state index contributed by atoms with van der Waals surface area (Å²) in [7, 11) is 0. The van der Waals surface area contributed by atoms with E-state index in [2.05, 4.69) is 14.8 Å². The van der Waals surface area contributed by atoms with Crippen LogP contribution in [0.25, 0.3) is 0 Å². The number of nitrogens with one attached hydrogen (secondary N) is 1. The van der Waals surface area contributed by atoms with Gasteiger partial charge in [0.05, 0.1) is 11.3 Å². The van der Waals surface area contributed by atoms with Crippen LogP contribution >= 0.6 is 0 Å². The van der Waals surface area contributed by atoms with Crippen LogP contribution in [0.2, 0.25) is 0 Å². The lowest BCUT2D eigenvalue weighted by Gasteiger charge is -2.11. The summed E-state index contributed by atoms with van der Waals surface area (Å²) >= 11 is 0. The van der Waals surface area contributed by atoms with Crippen LogP contribution in [0.3, 0.4) is 0 Å². The molecule has 0 unspecified atom stereocenters. The van der Waals surface area contributed by atoms with Crippen LogP contribution < -0.4 is 10.1 Å². The third kappa shape index (κ3) is 5.48. The van der Waals surface area contributed by atoms with Crippen LogP contribution in [0.4, 0.5) is 23.2 Å².